The molecular weight excluding hydrogens is 128 g/mol. The third kappa shape index (κ3) is 1.50. The smallest absolute Gasteiger partial charge is 0.0590 e. The fraction of sp³-hybridized carbons (Fsp3) is 1.00. The Bertz CT molecular complexity index is 87.8. The highest BCUT2D eigenvalue weighted by molar-refractivity contribution is 4.80. The van der Waals surface area contributed by atoms with E-state index in [0.29, 0.717) is 18.3 Å². The van der Waals surface area contributed by atoms with Crippen molar-refractivity contribution >= 4 is 0 Å². The fourth-order valence-corrected chi connectivity index (χ4v) is 1.61. The molecule has 0 unspecified atom stereocenters. The van der Waals surface area contributed by atoms with Gasteiger partial charge in [0.1, 0.15) is 0 Å². The Morgan fingerprint density at radius 3 is 1.60 bits per heavy atom. The second-order valence-electron chi connectivity index (χ2n) is 3.56. The number of hydrogen-bond donors (Lipinski definition) is 2. The lowest BCUT2D eigenvalue weighted by atomic mass is 9.79. The van der Waals surface area contributed by atoms with Crippen molar-refractivity contribution in [3.8, 4) is 0 Å². The molecule has 0 spiro atoms. The first-order chi connectivity index (χ1) is 4.61. The van der Waals surface area contributed by atoms with Crippen molar-refractivity contribution in [1.29, 1.82) is 0 Å². The number of hydrogen-bond acceptors (Lipinski definition) is 2. The Morgan fingerprint density at radius 2 is 1.30 bits per heavy atom. The van der Waals surface area contributed by atoms with E-state index >= 15 is 0 Å². The predicted octanol–water partition coefficient (Wildman–Crippen LogP) is 0.774. The largest absolute Gasteiger partial charge is 0.393 e. The van der Waals surface area contributed by atoms with E-state index in [2.05, 4.69) is 0 Å². The molecule has 1 rings (SSSR count). The van der Waals surface area contributed by atoms with Crippen molar-refractivity contribution in [1.82, 2.24) is 0 Å². The summed E-state index contributed by atoms with van der Waals surface area (Å²) in [5.74, 6) is 0.719. The van der Waals surface area contributed by atoms with Crippen molar-refractivity contribution < 1.29 is 10.2 Å². The summed E-state index contributed by atoms with van der Waals surface area (Å²) >= 11 is 0. The molecule has 1 saturated carbocycles. The van der Waals surface area contributed by atoms with Crippen LogP contribution in [-0.4, -0.2) is 22.4 Å². The lowest BCUT2D eigenvalue weighted by molar-refractivity contribution is -0.0237. The van der Waals surface area contributed by atoms with E-state index in [1.807, 2.05) is 13.8 Å². The maximum Gasteiger partial charge on any atom is 0.0590 e. The Morgan fingerprint density at radius 1 is 0.900 bits per heavy atom. The van der Waals surface area contributed by atoms with Gasteiger partial charge in [-0.05, 0) is 24.7 Å². The summed E-state index contributed by atoms with van der Waals surface area (Å²) in [6, 6.07) is 0. The molecule has 10 heavy (non-hydrogen) atoms. The first-order valence-corrected chi connectivity index (χ1v) is 3.97. The van der Waals surface area contributed by atoms with Gasteiger partial charge in [0, 0.05) is 0 Å². The zero-order valence-corrected chi connectivity index (χ0v) is 6.62. The van der Waals surface area contributed by atoms with Crippen LogP contribution in [0.25, 0.3) is 0 Å². The van der Waals surface area contributed by atoms with Crippen LogP contribution in [0.3, 0.4) is 0 Å². The van der Waals surface area contributed by atoms with Gasteiger partial charge in [-0.1, -0.05) is 13.8 Å². The van der Waals surface area contributed by atoms with Gasteiger partial charge in [0.25, 0.3) is 0 Å². The monoisotopic (exact) mass is 144 g/mol. The molecule has 60 valence electrons. The summed E-state index contributed by atoms with van der Waals surface area (Å²) < 4.78 is 0. The predicted molar refractivity (Wildman–Crippen MR) is 39.6 cm³/mol. The molecule has 0 heterocycles. The summed E-state index contributed by atoms with van der Waals surface area (Å²) in [7, 11) is 0. The van der Waals surface area contributed by atoms with Gasteiger partial charge in [-0.2, -0.15) is 0 Å². The van der Waals surface area contributed by atoms with Crippen LogP contribution in [0.2, 0.25) is 0 Å². The quantitative estimate of drug-likeness (QED) is 0.527. The highest BCUT2D eigenvalue weighted by Crippen LogP contribution is 2.28. The zero-order valence-electron chi connectivity index (χ0n) is 6.62. The fourth-order valence-electron chi connectivity index (χ4n) is 1.61. The molecule has 1 fully saturated rings. The van der Waals surface area contributed by atoms with E-state index in [0.717, 1.165) is 6.42 Å². The van der Waals surface area contributed by atoms with Gasteiger partial charge in [-0.15, -0.1) is 0 Å². The summed E-state index contributed by atoms with van der Waals surface area (Å²) in [6.45, 7) is 4.07. The summed E-state index contributed by atoms with van der Waals surface area (Å²) in [6.07, 6.45) is 0.933. The minimum atomic E-state index is -0.286. The summed E-state index contributed by atoms with van der Waals surface area (Å²) in [5, 5.41) is 18.6. The third-order valence-corrected chi connectivity index (χ3v) is 2.54. The van der Waals surface area contributed by atoms with Gasteiger partial charge in [-0.25, -0.2) is 0 Å². The van der Waals surface area contributed by atoms with E-state index < -0.39 is 0 Å². The normalized spacial score (nSPS) is 49.2. The van der Waals surface area contributed by atoms with Crippen molar-refractivity contribution in [3.05, 3.63) is 0 Å². The Balaban J connectivity index is 2.46. The Labute approximate surface area is 61.9 Å². The molecule has 2 N–H and O–H groups in total. The molecule has 0 aromatic rings. The molecule has 0 aliphatic heterocycles. The molecular formula is C8H16O2. The van der Waals surface area contributed by atoms with E-state index in [-0.39, 0.29) is 12.2 Å². The number of aliphatic hydroxyl groups excluding tert-OH is 2. The highest BCUT2D eigenvalue weighted by atomic mass is 16.3. The lowest BCUT2D eigenvalue weighted by Crippen LogP contribution is -2.35. The minimum Gasteiger partial charge on any atom is -0.393 e. The van der Waals surface area contributed by atoms with Crippen LogP contribution in [0.4, 0.5) is 0 Å². The SMILES string of the molecule is C[C@@H]1C[C@H](C)[C@H](O)C[C@H]1O. The van der Waals surface area contributed by atoms with Crippen LogP contribution in [0.1, 0.15) is 26.7 Å². The van der Waals surface area contributed by atoms with Crippen LogP contribution in [0, 0.1) is 11.8 Å². The van der Waals surface area contributed by atoms with E-state index in [4.69, 9.17) is 0 Å². The highest BCUT2D eigenvalue weighted by Gasteiger charge is 2.29. The van der Waals surface area contributed by atoms with Crippen LogP contribution in [0.15, 0.2) is 0 Å². The summed E-state index contributed by atoms with van der Waals surface area (Å²) in [4.78, 5) is 0. The molecule has 0 saturated heterocycles. The first-order valence-electron chi connectivity index (χ1n) is 3.97. The van der Waals surface area contributed by atoms with Gasteiger partial charge in [-0.3, -0.25) is 0 Å². The molecule has 0 aromatic heterocycles. The van der Waals surface area contributed by atoms with Crippen molar-refractivity contribution in [2.24, 2.45) is 11.8 Å². The molecule has 0 bridgehead atoms. The van der Waals surface area contributed by atoms with E-state index in [1.54, 1.807) is 0 Å². The average Bonchev–Trinajstić information content (AvgIpc) is 1.84. The molecule has 0 amide bonds. The van der Waals surface area contributed by atoms with E-state index in [1.165, 1.54) is 0 Å². The summed E-state index contributed by atoms with van der Waals surface area (Å²) in [5.41, 5.74) is 0. The van der Waals surface area contributed by atoms with Gasteiger partial charge >= 0.3 is 0 Å². The lowest BCUT2D eigenvalue weighted by Gasteiger charge is -2.33. The van der Waals surface area contributed by atoms with Crippen molar-refractivity contribution in [2.75, 3.05) is 0 Å². The van der Waals surface area contributed by atoms with Gasteiger partial charge in [0.2, 0.25) is 0 Å². The molecule has 2 heteroatoms. The van der Waals surface area contributed by atoms with Crippen LogP contribution in [-0.2, 0) is 0 Å². The molecule has 1 aliphatic carbocycles. The first kappa shape index (κ1) is 8.02. The Hall–Kier alpha value is -0.0800. The van der Waals surface area contributed by atoms with Crippen molar-refractivity contribution in [3.63, 3.8) is 0 Å². The van der Waals surface area contributed by atoms with Crippen molar-refractivity contribution in [2.45, 2.75) is 38.9 Å². The Kier molecular flexibility index (Phi) is 2.32. The third-order valence-electron chi connectivity index (χ3n) is 2.54. The second kappa shape index (κ2) is 2.89. The minimum absolute atomic E-state index is 0.286. The van der Waals surface area contributed by atoms with Gasteiger partial charge in [0.05, 0.1) is 12.2 Å². The molecule has 0 radical (unpaired) electrons. The molecule has 4 atom stereocenters. The standard InChI is InChI=1S/C8H16O2/c1-5-3-6(2)8(10)4-7(5)9/h5-10H,3-4H2,1-2H3/t5-,6+,7-,8-/m1/s1. The van der Waals surface area contributed by atoms with Gasteiger partial charge < -0.3 is 10.2 Å². The topological polar surface area (TPSA) is 40.5 Å². The van der Waals surface area contributed by atoms with Crippen LogP contribution < -0.4 is 0 Å². The maximum absolute atomic E-state index is 9.31. The molecule has 2 nitrogen and oxygen atoms in total. The number of rotatable bonds is 0. The number of aliphatic hydroxyl groups is 2. The van der Waals surface area contributed by atoms with Crippen LogP contribution in [0.5, 0.6) is 0 Å². The van der Waals surface area contributed by atoms with Gasteiger partial charge in [0.15, 0.2) is 0 Å². The second-order valence-corrected chi connectivity index (χ2v) is 3.56. The van der Waals surface area contributed by atoms with E-state index in [9.17, 15) is 10.2 Å². The molecule has 0 aromatic carbocycles. The van der Waals surface area contributed by atoms with Crippen LogP contribution >= 0.6 is 0 Å². The molecule has 1 aliphatic rings. The maximum atomic E-state index is 9.31. The average molecular weight is 144 g/mol. The zero-order chi connectivity index (χ0) is 7.72.